The molecule has 2 rings (SSSR count). The van der Waals surface area contributed by atoms with Crippen LogP contribution in [0.2, 0.25) is 0 Å². The van der Waals surface area contributed by atoms with Gasteiger partial charge in [0.25, 0.3) is 0 Å². The predicted molar refractivity (Wildman–Crippen MR) is 75.4 cm³/mol. The molecule has 0 bridgehead atoms. The van der Waals surface area contributed by atoms with E-state index in [-0.39, 0.29) is 17.4 Å². The molecular formula is C15H27NO4. The molecule has 20 heavy (non-hydrogen) atoms. The van der Waals surface area contributed by atoms with E-state index in [2.05, 4.69) is 12.2 Å². The maximum absolute atomic E-state index is 11.7. The standard InChI is InChI=1S/C15H27NO4/c1-3-20-13(17)12-4-6-15(18,7-5-12)10-16-14(2)8-9-19-11-14/h12,16,18H,3-11H2,1-2H3. The van der Waals surface area contributed by atoms with Crippen LogP contribution in [0.25, 0.3) is 0 Å². The first-order chi connectivity index (χ1) is 9.46. The fourth-order valence-electron chi connectivity index (χ4n) is 3.01. The van der Waals surface area contributed by atoms with Crippen LogP contribution in [0.5, 0.6) is 0 Å². The van der Waals surface area contributed by atoms with Gasteiger partial charge in [-0.25, -0.2) is 0 Å². The van der Waals surface area contributed by atoms with Gasteiger partial charge in [-0.15, -0.1) is 0 Å². The van der Waals surface area contributed by atoms with Gasteiger partial charge >= 0.3 is 5.97 Å². The van der Waals surface area contributed by atoms with Gasteiger partial charge in [0, 0.05) is 18.7 Å². The number of hydrogen-bond donors (Lipinski definition) is 2. The Morgan fingerprint density at radius 1 is 1.40 bits per heavy atom. The average Bonchev–Trinajstić information content (AvgIpc) is 2.85. The van der Waals surface area contributed by atoms with Crippen LogP contribution in [0, 0.1) is 5.92 Å². The van der Waals surface area contributed by atoms with Gasteiger partial charge in [-0.05, 0) is 46.0 Å². The summed E-state index contributed by atoms with van der Waals surface area (Å²) < 4.78 is 10.5. The monoisotopic (exact) mass is 285 g/mol. The zero-order chi connectivity index (χ0) is 14.6. The van der Waals surface area contributed by atoms with E-state index in [1.165, 1.54) is 0 Å². The molecule has 5 nitrogen and oxygen atoms in total. The predicted octanol–water partition coefficient (Wildman–Crippen LogP) is 1.24. The van der Waals surface area contributed by atoms with Gasteiger partial charge in [0.05, 0.1) is 24.7 Å². The molecule has 0 aromatic carbocycles. The summed E-state index contributed by atoms with van der Waals surface area (Å²) in [5.74, 6) is -0.153. The third-order valence-corrected chi connectivity index (χ3v) is 4.60. The molecule has 1 atom stereocenters. The first kappa shape index (κ1) is 15.7. The van der Waals surface area contributed by atoms with Crippen molar-refractivity contribution in [2.45, 2.75) is 57.1 Å². The Bertz CT molecular complexity index is 331. The Hall–Kier alpha value is -0.650. The molecule has 0 amide bonds. The van der Waals surface area contributed by atoms with Gasteiger partial charge in [0.15, 0.2) is 0 Å². The number of β-amino-alcohol motifs (C(OH)–C–C–N with tert-alkyl or cyclic N) is 1. The third kappa shape index (κ3) is 3.93. The van der Waals surface area contributed by atoms with Crippen LogP contribution in [-0.4, -0.2) is 48.6 Å². The first-order valence-corrected chi connectivity index (χ1v) is 7.68. The lowest BCUT2D eigenvalue weighted by Gasteiger charge is -2.37. The summed E-state index contributed by atoms with van der Waals surface area (Å²) in [5.41, 5.74) is -0.720. The number of hydrogen-bond acceptors (Lipinski definition) is 5. The largest absolute Gasteiger partial charge is 0.466 e. The molecule has 1 aliphatic heterocycles. The number of nitrogens with one attached hydrogen (secondary N) is 1. The lowest BCUT2D eigenvalue weighted by molar-refractivity contribution is -0.151. The summed E-state index contributed by atoms with van der Waals surface area (Å²) >= 11 is 0. The van der Waals surface area contributed by atoms with Crippen LogP contribution in [-0.2, 0) is 14.3 Å². The topological polar surface area (TPSA) is 67.8 Å². The minimum Gasteiger partial charge on any atom is -0.466 e. The second-order valence-corrected chi connectivity index (χ2v) is 6.47. The average molecular weight is 285 g/mol. The molecule has 1 aliphatic carbocycles. The number of carbonyl (C=O) groups is 1. The Kier molecular flexibility index (Phi) is 5.04. The van der Waals surface area contributed by atoms with Crippen molar-refractivity contribution in [2.24, 2.45) is 5.92 Å². The molecule has 2 N–H and O–H groups in total. The Labute approximate surface area is 121 Å². The maximum Gasteiger partial charge on any atom is 0.308 e. The zero-order valence-electron chi connectivity index (χ0n) is 12.6. The van der Waals surface area contributed by atoms with Crippen molar-refractivity contribution in [2.75, 3.05) is 26.4 Å². The Morgan fingerprint density at radius 3 is 2.65 bits per heavy atom. The molecule has 0 spiro atoms. The van der Waals surface area contributed by atoms with Crippen LogP contribution in [0.4, 0.5) is 0 Å². The van der Waals surface area contributed by atoms with Crippen molar-refractivity contribution < 1.29 is 19.4 Å². The minimum atomic E-state index is -0.700. The van der Waals surface area contributed by atoms with E-state index in [1.54, 1.807) is 0 Å². The van der Waals surface area contributed by atoms with E-state index in [0.717, 1.165) is 13.0 Å². The minimum absolute atomic E-state index is 0.0201. The van der Waals surface area contributed by atoms with Gasteiger partial charge in [-0.2, -0.15) is 0 Å². The summed E-state index contributed by atoms with van der Waals surface area (Å²) in [6, 6.07) is 0. The number of aliphatic hydroxyl groups is 1. The highest BCUT2D eigenvalue weighted by atomic mass is 16.5. The number of esters is 1. The highest BCUT2D eigenvalue weighted by Gasteiger charge is 2.38. The second kappa shape index (κ2) is 6.41. The van der Waals surface area contributed by atoms with Crippen LogP contribution >= 0.6 is 0 Å². The van der Waals surface area contributed by atoms with Crippen LogP contribution in [0.15, 0.2) is 0 Å². The van der Waals surface area contributed by atoms with Crippen molar-refractivity contribution in [1.82, 2.24) is 5.32 Å². The van der Waals surface area contributed by atoms with Crippen LogP contribution in [0.1, 0.15) is 46.0 Å². The summed E-state index contributed by atoms with van der Waals surface area (Å²) in [6.45, 7) is 6.45. The molecule has 5 heteroatoms. The Balaban J connectivity index is 1.77. The van der Waals surface area contributed by atoms with Gasteiger partial charge in [-0.3, -0.25) is 4.79 Å². The second-order valence-electron chi connectivity index (χ2n) is 6.47. The van der Waals surface area contributed by atoms with E-state index in [4.69, 9.17) is 9.47 Å². The van der Waals surface area contributed by atoms with Gasteiger partial charge in [0.2, 0.25) is 0 Å². The Morgan fingerprint density at radius 2 is 2.10 bits per heavy atom. The molecule has 0 aromatic rings. The summed E-state index contributed by atoms with van der Waals surface area (Å²) in [6.07, 6.45) is 3.71. The summed E-state index contributed by atoms with van der Waals surface area (Å²) in [5, 5.41) is 14.1. The first-order valence-electron chi connectivity index (χ1n) is 7.68. The highest BCUT2D eigenvalue weighted by molar-refractivity contribution is 5.72. The normalized spacial score (nSPS) is 37.9. The van der Waals surface area contributed by atoms with Crippen molar-refractivity contribution in [3.63, 3.8) is 0 Å². The highest BCUT2D eigenvalue weighted by Crippen LogP contribution is 2.33. The summed E-state index contributed by atoms with van der Waals surface area (Å²) in [7, 11) is 0. The number of rotatable bonds is 5. The lowest BCUT2D eigenvalue weighted by Crippen LogP contribution is -2.52. The van der Waals surface area contributed by atoms with E-state index < -0.39 is 5.60 Å². The molecule has 1 unspecified atom stereocenters. The molecule has 116 valence electrons. The smallest absolute Gasteiger partial charge is 0.308 e. The molecule has 2 fully saturated rings. The molecular weight excluding hydrogens is 258 g/mol. The molecule has 1 saturated carbocycles. The van der Waals surface area contributed by atoms with E-state index in [9.17, 15) is 9.90 Å². The SMILES string of the molecule is CCOC(=O)C1CCC(O)(CNC2(C)CCOC2)CC1. The molecule has 1 saturated heterocycles. The fraction of sp³-hybridized carbons (Fsp3) is 0.933. The quantitative estimate of drug-likeness (QED) is 0.744. The van der Waals surface area contributed by atoms with Gasteiger partial charge in [-0.1, -0.05) is 0 Å². The fourth-order valence-corrected chi connectivity index (χ4v) is 3.01. The van der Waals surface area contributed by atoms with E-state index in [1.807, 2.05) is 6.92 Å². The number of carbonyl (C=O) groups excluding carboxylic acids is 1. The van der Waals surface area contributed by atoms with Gasteiger partial charge in [0.1, 0.15) is 0 Å². The molecule has 0 radical (unpaired) electrons. The summed E-state index contributed by atoms with van der Waals surface area (Å²) in [4.78, 5) is 11.7. The molecule has 0 aromatic heterocycles. The van der Waals surface area contributed by atoms with Gasteiger partial charge < -0.3 is 19.9 Å². The van der Waals surface area contributed by atoms with Crippen molar-refractivity contribution >= 4 is 5.97 Å². The molecule has 1 heterocycles. The van der Waals surface area contributed by atoms with Crippen molar-refractivity contribution in [3.05, 3.63) is 0 Å². The van der Waals surface area contributed by atoms with Crippen LogP contribution in [0.3, 0.4) is 0 Å². The van der Waals surface area contributed by atoms with Crippen molar-refractivity contribution in [3.8, 4) is 0 Å². The number of ether oxygens (including phenoxy) is 2. The maximum atomic E-state index is 11.7. The lowest BCUT2D eigenvalue weighted by atomic mass is 9.78. The van der Waals surface area contributed by atoms with E-state index in [0.29, 0.717) is 45.4 Å². The third-order valence-electron chi connectivity index (χ3n) is 4.60. The van der Waals surface area contributed by atoms with Crippen molar-refractivity contribution in [1.29, 1.82) is 0 Å². The van der Waals surface area contributed by atoms with Crippen LogP contribution < -0.4 is 5.32 Å². The molecule has 2 aliphatic rings. The zero-order valence-corrected chi connectivity index (χ0v) is 12.6. The van der Waals surface area contributed by atoms with E-state index >= 15 is 0 Å².